The van der Waals surface area contributed by atoms with E-state index < -0.39 is 11.7 Å². The van der Waals surface area contributed by atoms with Crippen molar-refractivity contribution in [3.05, 3.63) is 29.4 Å². The Morgan fingerprint density at radius 2 is 2.00 bits per heavy atom. The van der Waals surface area contributed by atoms with E-state index in [0.29, 0.717) is 22.9 Å². The van der Waals surface area contributed by atoms with E-state index in [1.165, 1.54) is 12.8 Å². The predicted molar refractivity (Wildman–Crippen MR) is 123 cm³/mol. The molecule has 1 aromatic carbocycles. The van der Waals surface area contributed by atoms with Crippen molar-refractivity contribution in [2.24, 2.45) is 11.3 Å². The fourth-order valence-electron chi connectivity index (χ4n) is 5.50. The minimum Gasteiger partial charge on any atom is -0.376 e. The number of ether oxygens (including phenoxy) is 1. The number of anilines is 2. The van der Waals surface area contributed by atoms with Gasteiger partial charge in [0.2, 0.25) is 5.91 Å². The minimum absolute atomic E-state index is 0.0928. The fraction of sp³-hybridized carbons (Fsp3) is 0.583. The Balaban J connectivity index is 1.18. The van der Waals surface area contributed by atoms with E-state index in [1.807, 2.05) is 19.1 Å². The Hall–Kier alpha value is -1.96. The molecule has 1 amide bonds. The van der Waals surface area contributed by atoms with Crippen LogP contribution in [0, 0.1) is 11.3 Å². The van der Waals surface area contributed by atoms with Crippen LogP contribution in [-0.4, -0.2) is 66.9 Å². The number of aromatic nitrogens is 1. The summed E-state index contributed by atoms with van der Waals surface area (Å²) in [6, 6.07) is 5.93. The SMILES string of the molecule is C[C@@]1(N2CCN(c3cc4cc(NC(=O)[C@H]5CC56CC6)ncc4cc3Cl)CC2)COC[C@@H]1F. The summed E-state index contributed by atoms with van der Waals surface area (Å²) < 4.78 is 19.8. The minimum atomic E-state index is -0.954. The molecule has 3 heterocycles. The average Bonchev–Trinajstić information content (AvgIpc) is 3.70. The van der Waals surface area contributed by atoms with Crippen LogP contribution in [0.15, 0.2) is 24.4 Å². The summed E-state index contributed by atoms with van der Waals surface area (Å²) >= 11 is 6.63. The maximum Gasteiger partial charge on any atom is 0.229 e. The molecule has 3 atom stereocenters. The number of amides is 1. The Kier molecular flexibility index (Phi) is 4.69. The number of nitrogens with one attached hydrogen (secondary N) is 1. The molecule has 2 saturated heterocycles. The van der Waals surface area contributed by atoms with Crippen LogP contribution < -0.4 is 10.2 Å². The smallest absolute Gasteiger partial charge is 0.229 e. The molecule has 32 heavy (non-hydrogen) atoms. The first-order valence-corrected chi connectivity index (χ1v) is 11.9. The van der Waals surface area contributed by atoms with E-state index in [-0.39, 0.29) is 18.4 Å². The van der Waals surface area contributed by atoms with Gasteiger partial charge in [-0.05, 0) is 55.2 Å². The third-order valence-electron chi connectivity index (χ3n) is 8.11. The molecule has 170 valence electrons. The third kappa shape index (κ3) is 3.37. The van der Waals surface area contributed by atoms with Crippen LogP contribution in [0.3, 0.4) is 0 Å². The average molecular weight is 459 g/mol. The fourth-order valence-corrected chi connectivity index (χ4v) is 5.79. The van der Waals surface area contributed by atoms with Crippen LogP contribution >= 0.6 is 11.6 Å². The van der Waals surface area contributed by atoms with Crippen LogP contribution in [0.4, 0.5) is 15.9 Å². The normalized spacial score (nSPS) is 31.3. The standard InChI is InChI=1S/C24H28ClFN4O2/c1-23(14-32-13-20(23)26)30-6-4-29(5-7-30)19-9-15-10-21(27-12-16(15)8-18(19)25)28-22(31)17-11-24(17)2-3-24/h8-10,12,17,20H,2-7,11,13-14H2,1H3,(H,27,28,31)/t17-,20+,23-/m1/s1. The highest BCUT2D eigenvalue weighted by molar-refractivity contribution is 6.34. The summed E-state index contributed by atoms with van der Waals surface area (Å²) in [7, 11) is 0. The molecule has 6 rings (SSSR count). The van der Waals surface area contributed by atoms with Crippen LogP contribution in [-0.2, 0) is 9.53 Å². The van der Waals surface area contributed by atoms with Crippen molar-refractivity contribution in [1.29, 1.82) is 0 Å². The molecule has 0 unspecified atom stereocenters. The summed E-state index contributed by atoms with van der Waals surface area (Å²) in [5.41, 5.74) is 0.748. The molecule has 2 saturated carbocycles. The number of hydrogen-bond donors (Lipinski definition) is 1. The summed E-state index contributed by atoms with van der Waals surface area (Å²) in [4.78, 5) is 21.4. The number of carbonyl (C=O) groups excluding carboxylic acids is 1. The number of benzene rings is 1. The molecular weight excluding hydrogens is 431 g/mol. The van der Waals surface area contributed by atoms with Crippen molar-refractivity contribution in [2.45, 2.75) is 37.9 Å². The second-order valence-electron chi connectivity index (χ2n) is 10.1. The molecule has 1 spiro atoms. The molecule has 2 aliphatic carbocycles. The lowest BCUT2D eigenvalue weighted by molar-refractivity contribution is -0.117. The maximum atomic E-state index is 14.4. The Morgan fingerprint density at radius 1 is 1.22 bits per heavy atom. The molecule has 4 fully saturated rings. The maximum absolute atomic E-state index is 14.4. The molecule has 1 aromatic heterocycles. The van der Waals surface area contributed by atoms with Gasteiger partial charge in [0.25, 0.3) is 0 Å². The number of rotatable bonds is 4. The van der Waals surface area contributed by atoms with E-state index in [4.69, 9.17) is 16.3 Å². The summed E-state index contributed by atoms with van der Waals surface area (Å²) in [6.07, 6.45) is 4.20. The van der Waals surface area contributed by atoms with E-state index in [0.717, 1.165) is 49.1 Å². The molecule has 0 radical (unpaired) electrons. The lowest BCUT2D eigenvalue weighted by Crippen LogP contribution is -2.59. The van der Waals surface area contributed by atoms with E-state index in [9.17, 15) is 9.18 Å². The topological polar surface area (TPSA) is 57.7 Å². The Bertz CT molecular complexity index is 1090. The van der Waals surface area contributed by atoms with Crippen molar-refractivity contribution >= 4 is 39.8 Å². The van der Waals surface area contributed by atoms with E-state index >= 15 is 0 Å². The van der Waals surface area contributed by atoms with Gasteiger partial charge in [-0.2, -0.15) is 0 Å². The second-order valence-corrected chi connectivity index (χ2v) is 10.5. The number of fused-ring (bicyclic) bond motifs is 1. The Morgan fingerprint density at radius 3 is 2.66 bits per heavy atom. The molecule has 4 aliphatic rings. The zero-order chi connectivity index (χ0) is 22.1. The summed E-state index contributed by atoms with van der Waals surface area (Å²) in [6.45, 7) is 5.64. The highest BCUT2D eigenvalue weighted by Gasteiger charge is 2.65. The molecular formula is C24H28ClFN4O2. The first kappa shape index (κ1) is 20.6. The zero-order valence-electron chi connectivity index (χ0n) is 18.2. The summed E-state index contributed by atoms with van der Waals surface area (Å²) in [5.74, 6) is 0.842. The number of pyridine rings is 1. The quantitative estimate of drug-likeness (QED) is 0.753. The predicted octanol–water partition coefficient (Wildman–Crippen LogP) is 3.88. The van der Waals surface area contributed by atoms with Crippen LogP contribution in [0.2, 0.25) is 5.02 Å². The molecule has 2 aromatic rings. The number of hydrogen-bond acceptors (Lipinski definition) is 5. The van der Waals surface area contributed by atoms with Gasteiger partial charge in [0.05, 0.1) is 29.5 Å². The van der Waals surface area contributed by atoms with Crippen molar-refractivity contribution in [3.8, 4) is 0 Å². The first-order chi connectivity index (χ1) is 15.4. The lowest BCUT2D eigenvalue weighted by Gasteiger charge is -2.44. The van der Waals surface area contributed by atoms with Crippen molar-refractivity contribution in [1.82, 2.24) is 9.88 Å². The number of piperazine rings is 1. The lowest BCUT2D eigenvalue weighted by atomic mass is 9.96. The van der Waals surface area contributed by atoms with Crippen LogP contribution in [0.5, 0.6) is 0 Å². The zero-order valence-corrected chi connectivity index (χ0v) is 19.0. The van der Waals surface area contributed by atoms with Gasteiger partial charge in [-0.3, -0.25) is 9.69 Å². The monoisotopic (exact) mass is 458 g/mol. The van der Waals surface area contributed by atoms with Gasteiger partial charge in [0.1, 0.15) is 12.0 Å². The third-order valence-corrected chi connectivity index (χ3v) is 8.42. The van der Waals surface area contributed by atoms with Gasteiger partial charge >= 0.3 is 0 Å². The van der Waals surface area contributed by atoms with E-state index in [2.05, 4.69) is 26.2 Å². The molecule has 2 aliphatic heterocycles. The molecule has 1 N–H and O–H groups in total. The molecule has 6 nitrogen and oxygen atoms in total. The van der Waals surface area contributed by atoms with Crippen LogP contribution in [0.25, 0.3) is 10.8 Å². The number of nitrogens with zero attached hydrogens (tertiary/aromatic N) is 3. The number of carbonyl (C=O) groups is 1. The van der Waals surface area contributed by atoms with Gasteiger partial charge < -0.3 is 15.0 Å². The number of halogens is 2. The Labute approximate surface area is 192 Å². The van der Waals surface area contributed by atoms with E-state index in [1.54, 1.807) is 6.20 Å². The first-order valence-electron chi connectivity index (χ1n) is 11.5. The molecule has 8 heteroatoms. The highest BCUT2D eigenvalue weighted by atomic mass is 35.5. The van der Waals surface area contributed by atoms with Crippen molar-refractivity contribution < 1.29 is 13.9 Å². The summed E-state index contributed by atoms with van der Waals surface area (Å²) in [5, 5.41) is 5.61. The van der Waals surface area contributed by atoms with Gasteiger partial charge in [0, 0.05) is 43.7 Å². The van der Waals surface area contributed by atoms with Gasteiger partial charge in [-0.15, -0.1) is 0 Å². The second kappa shape index (κ2) is 7.27. The van der Waals surface area contributed by atoms with Gasteiger partial charge in [-0.25, -0.2) is 9.37 Å². The largest absolute Gasteiger partial charge is 0.376 e. The van der Waals surface area contributed by atoms with Crippen LogP contribution in [0.1, 0.15) is 26.2 Å². The highest BCUT2D eigenvalue weighted by Crippen LogP contribution is 2.70. The van der Waals surface area contributed by atoms with Crippen molar-refractivity contribution in [2.75, 3.05) is 49.6 Å². The van der Waals surface area contributed by atoms with Gasteiger partial charge in [0.15, 0.2) is 0 Å². The molecule has 0 bridgehead atoms. The number of alkyl halides is 1. The van der Waals surface area contributed by atoms with Crippen molar-refractivity contribution in [3.63, 3.8) is 0 Å². The van der Waals surface area contributed by atoms with Gasteiger partial charge in [-0.1, -0.05) is 11.6 Å².